The molecule has 1 saturated heterocycles. The van der Waals surface area contributed by atoms with Gasteiger partial charge in [0.05, 0.1) is 15.1 Å². The van der Waals surface area contributed by atoms with Gasteiger partial charge in [-0.25, -0.2) is 0 Å². The van der Waals surface area contributed by atoms with Crippen molar-refractivity contribution in [2.75, 3.05) is 26.2 Å². The summed E-state index contributed by atoms with van der Waals surface area (Å²) in [5.74, 6) is 1.23. The highest BCUT2D eigenvalue weighted by Crippen LogP contribution is 2.34. The van der Waals surface area contributed by atoms with Gasteiger partial charge in [-0.2, -0.15) is 0 Å². The summed E-state index contributed by atoms with van der Waals surface area (Å²) < 4.78 is 5.52. The van der Waals surface area contributed by atoms with Gasteiger partial charge in [-0.1, -0.05) is 34.8 Å². The maximum atomic E-state index is 12.3. The minimum atomic E-state index is -0.0438. The second-order valence-electron chi connectivity index (χ2n) is 6.49. The van der Waals surface area contributed by atoms with Crippen LogP contribution in [-0.2, 0) is 4.79 Å². The van der Waals surface area contributed by atoms with Gasteiger partial charge in [0.1, 0.15) is 5.75 Å². The van der Waals surface area contributed by atoms with Crippen molar-refractivity contribution < 1.29 is 9.53 Å². The van der Waals surface area contributed by atoms with Crippen LogP contribution in [0.1, 0.15) is 25.7 Å². The molecule has 132 valence electrons. The van der Waals surface area contributed by atoms with Gasteiger partial charge in [0, 0.05) is 25.2 Å². The van der Waals surface area contributed by atoms with E-state index in [2.05, 4.69) is 5.32 Å². The Morgan fingerprint density at radius 2 is 1.75 bits per heavy atom. The molecule has 0 radical (unpaired) electrons. The van der Waals surface area contributed by atoms with E-state index in [4.69, 9.17) is 39.5 Å². The lowest BCUT2D eigenvalue weighted by molar-refractivity contribution is -0.134. The Morgan fingerprint density at radius 3 is 2.42 bits per heavy atom. The Morgan fingerprint density at radius 1 is 1.08 bits per heavy atom. The number of hydrogen-bond acceptors (Lipinski definition) is 3. The number of piperidine rings is 1. The number of benzene rings is 1. The zero-order chi connectivity index (χ0) is 17.1. The highest BCUT2D eigenvalue weighted by atomic mass is 35.5. The monoisotopic (exact) mass is 390 g/mol. The number of carbonyl (C=O) groups is 1. The second-order valence-corrected chi connectivity index (χ2v) is 7.71. The summed E-state index contributed by atoms with van der Waals surface area (Å²) in [6.07, 6.45) is 4.70. The van der Waals surface area contributed by atoms with Crippen LogP contribution in [0.3, 0.4) is 0 Å². The Balaban J connectivity index is 1.43. The Hall–Kier alpha value is -0.680. The zero-order valence-corrected chi connectivity index (χ0v) is 15.6. The van der Waals surface area contributed by atoms with Gasteiger partial charge in [-0.05, 0) is 44.2 Å². The third-order valence-electron chi connectivity index (χ3n) is 4.57. The van der Waals surface area contributed by atoms with Crippen molar-refractivity contribution in [1.82, 2.24) is 10.2 Å². The Bertz CT molecular complexity index is 600. The van der Waals surface area contributed by atoms with Gasteiger partial charge in [-0.15, -0.1) is 0 Å². The standard InChI is InChI=1S/C17H21Cl3N2O2/c18-13-7-15(20)16(8-14(13)19)24-10-17(23)22-5-3-12(4-6-22)21-9-11-1-2-11/h7-8,11-12,21H,1-6,9-10H2. The molecule has 0 spiro atoms. The summed E-state index contributed by atoms with van der Waals surface area (Å²) in [5, 5.41) is 4.67. The molecular formula is C17H21Cl3N2O2. The molecule has 1 aromatic rings. The molecule has 7 heteroatoms. The molecular weight excluding hydrogens is 371 g/mol. The Labute approximate surface area is 157 Å². The third kappa shape index (κ3) is 4.92. The van der Waals surface area contributed by atoms with Gasteiger partial charge in [0.25, 0.3) is 5.91 Å². The van der Waals surface area contributed by atoms with Crippen LogP contribution in [-0.4, -0.2) is 43.1 Å². The number of nitrogens with one attached hydrogen (secondary N) is 1. The van der Waals surface area contributed by atoms with Crippen LogP contribution >= 0.6 is 34.8 Å². The first-order valence-electron chi connectivity index (χ1n) is 8.31. The summed E-state index contributed by atoms with van der Waals surface area (Å²) in [6, 6.07) is 3.58. The number of amides is 1. The highest BCUT2D eigenvalue weighted by Gasteiger charge is 2.26. The van der Waals surface area contributed by atoms with Crippen LogP contribution < -0.4 is 10.1 Å². The molecule has 1 aliphatic heterocycles. The lowest BCUT2D eigenvalue weighted by atomic mass is 10.0. The van der Waals surface area contributed by atoms with E-state index < -0.39 is 0 Å². The summed E-state index contributed by atoms with van der Waals surface area (Å²) in [7, 11) is 0. The number of hydrogen-bond donors (Lipinski definition) is 1. The molecule has 0 atom stereocenters. The maximum absolute atomic E-state index is 12.3. The third-order valence-corrected chi connectivity index (χ3v) is 5.58. The van der Waals surface area contributed by atoms with Gasteiger partial charge in [0.2, 0.25) is 0 Å². The predicted molar refractivity (Wildman–Crippen MR) is 97.3 cm³/mol. The number of rotatable bonds is 6. The molecule has 1 heterocycles. The minimum absolute atomic E-state index is 0.0298. The molecule has 24 heavy (non-hydrogen) atoms. The zero-order valence-electron chi connectivity index (χ0n) is 13.4. The average molecular weight is 392 g/mol. The number of halogens is 3. The molecule has 1 saturated carbocycles. The fourth-order valence-electron chi connectivity index (χ4n) is 2.83. The van der Waals surface area contributed by atoms with Gasteiger partial charge < -0.3 is 15.0 Å². The first-order valence-corrected chi connectivity index (χ1v) is 9.45. The molecule has 1 N–H and O–H groups in total. The molecule has 0 unspecified atom stereocenters. The summed E-state index contributed by atoms with van der Waals surface area (Å²) in [4.78, 5) is 14.1. The summed E-state index contributed by atoms with van der Waals surface area (Å²) >= 11 is 17.9. The topological polar surface area (TPSA) is 41.6 Å². The quantitative estimate of drug-likeness (QED) is 0.745. The number of carbonyl (C=O) groups excluding carboxylic acids is 1. The lowest BCUT2D eigenvalue weighted by Crippen LogP contribution is -2.46. The fourth-order valence-corrected chi connectivity index (χ4v) is 3.43. The SMILES string of the molecule is O=C(COc1cc(Cl)c(Cl)cc1Cl)N1CCC(NCC2CC2)CC1. The van der Waals surface area contributed by atoms with Gasteiger partial charge >= 0.3 is 0 Å². The number of ether oxygens (including phenoxy) is 1. The molecule has 0 aromatic heterocycles. The van der Waals surface area contributed by atoms with E-state index in [9.17, 15) is 4.79 Å². The van der Waals surface area contributed by atoms with Gasteiger partial charge in [-0.3, -0.25) is 4.79 Å². The van der Waals surface area contributed by atoms with E-state index in [1.54, 1.807) is 0 Å². The molecule has 4 nitrogen and oxygen atoms in total. The minimum Gasteiger partial charge on any atom is -0.482 e. The molecule has 1 aromatic carbocycles. The van der Waals surface area contributed by atoms with Crippen molar-refractivity contribution in [3.8, 4) is 5.75 Å². The maximum Gasteiger partial charge on any atom is 0.260 e. The first kappa shape index (κ1) is 18.1. The van der Waals surface area contributed by atoms with Crippen LogP contribution in [0.5, 0.6) is 5.75 Å². The number of likely N-dealkylation sites (tertiary alicyclic amines) is 1. The van der Waals surface area contributed by atoms with Crippen LogP contribution in [0.15, 0.2) is 12.1 Å². The highest BCUT2D eigenvalue weighted by molar-refractivity contribution is 6.43. The summed E-state index contributed by atoms with van der Waals surface area (Å²) in [6.45, 7) is 2.61. The summed E-state index contributed by atoms with van der Waals surface area (Å²) in [5.41, 5.74) is 0. The van der Waals surface area contributed by atoms with Crippen LogP contribution in [0.25, 0.3) is 0 Å². The average Bonchev–Trinajstić information content (AvgIpc) is 3.39. The Kier molecular flexibility index (Phi) is 6.14. The molecule has 1 aliphatic carbocycles. The van der Waals surface area contributed by atoms with Crippen LogP contribution in [0, 0.1) is 5.92 Å². The van der Waals surface area contributed by atoms with E-state index in [1.807, 2.05) is 4.90 Å². The van der Waals surface area contributed by atoms with Crippen molar-refractivity contribution in [2.45, 2.75) is 31.7 Å². The second kappa shape index (κ2) is 8.13. The fraction of sp³-hybridized carbons (Fsp3) is 0.588. The molecule has 2 aliphatic rings. The van der Waals surface area contributed by atoms with Crippen molar-refractivity contribution >= 4 is 40.7 Å². The molecule has 0 bridgehead atoms. The van der Waals surface area contributed by atoms with E-state index in [0.717, 1.165) is 38.4 Å². The van der Waals surface area contributed by atoms with E-state index in [1.165, 1.54) is 25.0 Å². The van der Waals surface area contributed by atoms with E-state index in [0.29, 0.717) is 26.9 Å². The van der Waals surface area contributed by atoms with Crippen LogP contribution in [0.2, 0.25) is 15.1 Å². The molecule has 3 rings (SSSR count). The van der Waals surface area contributed by atoms with Gasteiger partial charge in [0.15, 0.2) is 6.61 Å². The largest absolute Gasteiger partial charge is 0.482 e. The van der Waals surface area contributed by atoms with Crippen molar-refractivity contribution in [3.05, 3.63) is 27.2 Å². The first-order chi connectivity index (χ1) is 11.5. The molecule has 2 fully saturated rings. The normalized spacial score (nSPS) is 18.7. The predicted octanol–water partition coefficient (Wildman–Crippen LogP) is 4.02. The van der Waals surface area contributed by atoms with Crippen molar-refractivity contribution in [3.63, 3.8) is 0 Å². The molecule has 1 amide bonds. The lowest BCUT2D eigenvalue weighted by Gasteiger charge is -2.32. The van der Waals surface area contributed by atoms with Crippen molar-refractivity contribution in [1.29, 1.82) is 0 Å². The van der Waals surface area contributed by atoms with E-state index >= 15 is 0 Å². The van der Waals surface area contributed by atoms with Crippen molar-refractivity contribution in [2.24, 2.45) is 5.92 Å². The number of nitrogens with zero attached hydrogens (tertiary/aromatic N) is 1. The van der Waals surface area contributed by atoms with Crippen LogP contribution in [0.4, 0.5) is 0 Å². The van der Waals surface area contributed by atoms with E-state index in [-0.39, 0.29) is 12.5 Å². The smallest absolute Gasteiger partial charge is 0.260 e.